The molecule has 0 radical (unpaired) electrons. The highest BCUT2D eigenvalue weighted by Crippen LogP contribution is 2.75. The number of aryl methyl sites for hydroxylation is 2. The maximum Gasteiger partial charge on any atom is 0.323 e. The molecule has 2 heterocycles. The molecule has 12 atom stereocenters. The Bertz CT molecular complexity index is 1860. The molecule has 1 aliphatic heterocycles. The number of carboxylic acids is 1. The van der Waals surface area contributed by atoms with Gasteiger partial charge in [-0.1, -0.05) is 71.7 Å². The normalized spacial score (nSPS) is 38.5. The number of nitrogens with two attached hydrogens (primary N) is 1. The van der Waals surface area contributed by atoms with Gasteiger partial charge in [0.2, 0.25) is 10.0 Å². The van der Waals surface area contributed by atoms with E-state index in [1.165, 1.54) is 12.5 Å². The molecule has 0 spiro atoms. The summed E-state index contributed by atoms with van der Waals surface area (Å²) in [5, 5.41) is 14.7. The van der Waals surface area contributed by atoms with Gasteiger partial charge in [0.15, 0.2) is 5.76 Å². The fraction of sp³-hybridized carbons (Fsp3) is 0.814. The van der Waals surface area contributed by atoms with E-state index in [0.717, 1.165) is 25.7 Å². The summed E-state index contributed by atoms with van der Waals surface area (Å²) in [5.41, 5.74) is 5.76. The van der Waals surface area contributed by atoms with Gasteiger partial charge in [0.05, 0.1) is 19.1 Å². The standard InChI is InChI=1S/C43H67N3O10S/c1-24(2)25(3)39(7)18-19-41(9)29-14-15-33-40(8)22-53-23-43(33,30(29)16-17-42(41,10)35(39)37(48)49)21-32(54-28(6)47)36(40)55-38(50)31(44)13-11-12-20-45-57(51,52)34-26(4)46-56-27(34)5/h16,24-25,29,31-33,35-36,45H,11-15,17-23,44H2,1-10H3,(H,48,49)/t25-,29+,31?,32-,33+,35-,36+,39-,40+,41-,42+,43+/m1/s1. The fourth-order valence-electron chi connectivity index (χ4n) is 13.1. The van der Waals surface area contributed by atoms with E-state index >= 15 is 0 Å². The number of fused-ring (bicyclic) bond motifs is 3. The lowest BCUT2D eigenvalue weighted by Gasteiger charge is -2.71. The van der Waals surface area contributed by atoms with Crippen LogP contribution in [-0.4, -0.2) is 74.6 Å². The maximum absolute atomic E-state index is 13.7. The number of nitrogens with one attached hydrogen (secondary N) is 1. The average Bonchev–Trinajstić information content (AvgIpc) is 3.47. The third kappa shape index (κ3) is 6.99. The van der Waals surface area contributed by atoms with Crippen LogP contribution in [0.4, 0.5) is 0 Å². The van der Waals surface area contributed by atoms with Crippen LogP contribution in [0.1, 0.15) is 125 Å². The summed E-state index contributed by atoms with van der Waals surface area (Å²) in [6.45, 7) is 20.9. The third-order valence-electron chi connectivity index (χ3n) is 16.4. The number of carbonyl (C=O) groups excluding carboxylic acids is 2. The number of rotatable bonds is 13. The van der Waals surface area contributed by atoms with E-state index in [2.05, 4.69) is 64.4 Å². The van der Waals surface area contributed by atoms with E-state index in [0.29, 0.717) is 44.8 Å². The predicted molar refractivity (Wildman–Crippen MR) is 212 cm³/mol. The summed E-state index contributed by atoms with van der Waals surface area (Å²) in [6, 6.07) is -0.964. The van der Waals surface area contributed by atoms with Crippen LogP contribution in [0.3, 0.4) is 0 Å². The van der Waals surface area contributed by atoms with Gasteiger partial charge in [-0.3, -0.25) is 14.4 Å². The Balaban J connectivity index is 1.21. The highest BCUT2D eigenvalue weighted by atomic mass is 32.2. The molecule has 1 aromatic rings. The number of carboxylic acid groups (broad SMARTS) is 1. The van der Waals surface area contributed by atoms with Crippen LogP contribution < -0.4 is 10.5 Å². The van der Waals surface area contributed by atoms with Crippen LogP contribution in [0.25, 0.3) is 0 Å². The van der Waals surface area contributed by atoms with Crippen molar-refractivity contribution in [2.24, 2.45) is 62.4 Å². The molecule has 1 aromatic heterocycles. The zero-order valence-electron chi connectivity index (χ0n) is 35.7. The first-order chi connectivity index (χ1) is 26.5. The molecule has 0 amide bonds. The SMILES string of the molecule is CC(=O)O[C@@H]1C[C@@]23COC[C@@](C)([C@@H]2CC[C@H]2C3=CC[C@@]3(C)[C@H](C(=O)O)[C@@](C)([C@H](C)C(C)C)CC[C@]23C)[C@H]1OC(=O)C(N)CCCCNS(=O)(=O)c1c(C)noc1C. The summed E-state index contributed by atoms with van der Waals surface area (Å²) >= 11 is 0. The molecule has 3 saturated carbocycles. The lowest BCUT2D eigenvalue weighted by molar-refractivity contribution is -0.263. The molecule has 5 aliphatic rings. The van der Waals surface area contributed by atoms with Crippen LogP contribution in [0.5, 0.6) is 0 Å². The first-order valence-electron chi connectivity index (χ1n) is 21.1. The molecule has 4 fully saturated rings. The smallest absolute Gasteiger partial charge is 0.323 e. The molecule has 0 aromatic carbocycles. The van der Waals surface area contributed by atoms with Crippen molar-refractivity contribution in [3.8, 4) is 0 Å². The van der Waals surface area contributed by atoms with Crippen molar-refractivity contribution < 1.29 is 46.6 Å². The van der Waals surface area contributed by atoms with E-state index in [9.17, 15) is 27.9 Å². The number of allylic oxidation sites excluding steroid dienone is 1. The Hall–Kier alpha value is -2.81. The molecule has 1 unspecified atom stereocenters. The summed E-state index contributed by atoms with van der Waals surface area (Å²) < 4.78 is 52.0. The van der Waals surface area contributed by atoms with Gasteiger partial charge in [-0.2, -0.15) is 0 Å². The molecule has 13 nitrogen and oxygen atoms in total. The Kier molecular flexibility index (Phi) is 11.8. The lowest BCUT2D eigenvalue weighted by atomic mass is 9.34. The van der Waals surface area contributed by atoms with Crippen LogP contribution in [0.2, 0.25) is 0 Å². The van der Waals surface area contributed by atoms with Crippen molar-refractivity contribution in [1.82, 2.24) is 9.88 Å². The molecule has 4 aliphatic carbocycles. The van der Waals surface area contributed by atoms with Crippen LogP contribution >= 0.6 is 0 Å². The van der Waals surface area contributed by atoms with Crippen molar-refractivity contribution in [3.05, 3.63) is 23.1 Å². The zero-order valence-corrected chi connectivity index (χ0v) is 36.6. The Morgan fingerprint density at radius 2 is 1.74 bits per heavy atom. The molecule has 1 saturated heterocycles. The van der Waals surface area contributed by atoms with Gasteiger partial charge in [0.25, 0.3) is 0 Å². The summed E-state index contributed by atoms with van der Waals surface area (Å²) in [6.07, 6.45) is 6.61. The zero-order chi connectivity index (χ0) is 42.1. The maximum atomic E-state index is 13.7. The lowest BCUT2D eigenvalue weighted by Crippen LogP contribution is -2.70. The van der Waals surface area contributed by atoms with E-state index in [-0.39, 0.29) is 57.9 Å². The molecule has 320 valence electrons. The highest BCUT2D eigenvalue weighted by molar-refractivity contribution is 7.89. The van der Waals surface area contributed by atoms with Gasteiger partial charge in [0.1, 0.15) is 28.8 Å². The van der Waals surface area contributed by atoms with Crippen LogP contribution in [0.15, 0.2) is 21.1 Å². The number of aliphatic carboxylic acids is 1. The van der Waals surface area contributed by atoms with Gasteiger partial charge >= 0.3 is 17.9 Å². The first kappa shape index (κ1) is 43.8. The second-order valence-electron chi connectivity index (χ2n) is 19.7. The van der Waals surface area contributed by atoms with Crippen LogP contribution in [-0.2, 0) is 38.6 Å². The first-order valence-corrected chi connectivity index (χ1v) is 22.6. The van der Waals surface area contributed by atoms with Crippen LogP contribution in [0, 0.1) is 70.5 Å². The molecule has 57 heavy (non-hydrogen) atoms. The number of ether oxygens (including phenoxy) is 3. The van der Waals surface area contributed by atoms with Crippen molar-refractivity contribution in [2.45, 2.75) is 150 Å². The highest BCUT2D eigenvalue weighted by Gasteiger charge is 2.72. The molecule has 2 bridgehead atoms. The third-order valence-corrected chi connectivity index (χ3v) is 18.1. The van der Waals surface area contributed by atoms with Crippen molar-refractivity contribution in [3.63, 3.8) is 0 Å². The Labute approximate surface area is 339 Å². The van der Waals surface area contributed by atoms with E-state index < -0.39 is 68.3 Å². The van der Waals surface area contributed by atoms with Crippen molar-refractivity contribution in [2.75, 3.05) is 19.8 Å². The average molecular weight is 818 g/mol. The van der Waals surface area contributed by atoms with Crippen molar-refractivity contribution in [1.29, 1.82) is 0 Å². The number of nitrogens with zero attached hydrogens (tertiary/aromatic N) is 1. The fourth-order valence-corrected chi connectivity index (χ4v) is 14.5. The molecular weight excluding hydrogens is 751 g/mol. The van der Waals surface area contributed by atoms with Gasteiger partial charge in [-0.25, -0.2) is 13.1 Å². The minimum atomic E-state index is -3.80. The Morgan fingerprint density at radius 1 is 1.04 bits per heavy atom. The summed E-state index contributed by atoms with van der Waals surface area (Å²) in [7, 11) is -3.80. The number of esters is 2. The quantitative estimate of drug-likeness (QED) is 0.111. The second kappa shape index (κ2) is 15.3. The number of hydrogen-bond acceptors (Lipinski definition) is 11. The van der Waals surface area contributed by atoms with E-state index in [1.807, 2.05) is 0 Å². The molecule has 4 N–H and O–H groups in total. The number of carbonyl (C=O) groups is 3. The Morgan fingerprint density at radius 3 is 2.35 bits per heavy atom. The predicted octanol–water partition coefficient (Wildman–Crippen LogP) is 6.50. The monoisotopic (exact) mass is 817 g/mol. The van der Waals surface area contributed by atoms with Gasteiger partial charge in [-0.15, -0.1) is 0 Å². The minimum absolute atomic E-state index is 0.0304. The summed E-state index contributed by atoms with van der Waals surface area (Å²) in [4.78, 5) is 39.9. The molecular formula is C43H67N3O10S. The number of aromatic nitrogens is 1. The second-order valence-corrected chi connectivity index (χ2v) is 21.4. The number of sulfonamides is 1. The van der Waals surface area contributed by atoms with E-state index in [1.54, 1.807) is 13.8 Å². The minimum Gasteiger partial charge on any atom is -0.481 e. The van der Waals surface area contributed by atoms with Gasteiger partial charge < -0.3 is 29.6 Å². The number of unbranched alkanes of at least 4 members (excludes halogenated alkanes) is 1. The van der Waals surface area contributed by atoms with Crippen molar-refractivity contribution >= 4 is 27.9 Å². The summed E-state index contributed by atoms with van der Waals surface area (Å²) in [5.74, 6) is -1.24. The van der Waals surface area contributed by atoms with Gasteiger partial charge in [0, 0.05) is 24.3 Å². The molecule has 6 rings (SSSR count). The largest absolute Gasteiger partial charge is 0.481 e. The van der Waals surface area contributed by atoms with Gasteiger partial charge in [-0.05, 0) is 105 Å². The molecule has 14 heteroatoms. The topological polar surface area (TPSA) is 197 Å². The van der Waals surface area contributed by atoms with E-state index in [4.69, 9.17) is 24.5 Å². The number of hydrogen-bond donors (Lipinski definition) is 3.